The number of hydrogen-bond donors (Lipinski definition) is 2. The summed E-state index contributed by atoms with van der Waals surface area (Å²) in [7, 11) is 1.62. The lowest BCUT2D eigenvalue weighted by atomic mass is 10.2. The van der Waals surface area contributed by atoms with Crippen molar-refractivity contribution >= 4 is 40.5 Å². The Hall–Kier alpha value is -3.26. The van der Waals surface area contributed by atoms with E-state index in [4.69, 9.17) is 4.74 Å². The molecule has 0 aliphatic heterocycles. The number of benzene rings is 2. The van der Waals surface area contributed by atoms with Gasteiger partial charge in [-0.15, -0.1) is 11.8 Å². The number of phenolic OH excluding ortho intramolecular Hbond substituents is 1. The first-order chi connectivity index (χ1) is 15.5. The van der Waals surface area contributed by atoms with E-state index in [1.165, 1.54) is 18.0 Å². The van der Waals surface area contributed by atoms with E-state index in [0.29, 0.717) is 11.3 Å². The Bertz CT molecular complexity index is 1130. The molecule has 0 bridgehead atoms. The number of carbonyl (C=O) groups excluding carboxylic acids is 1. The zero-order valence-corrected chi connectivity index (χ0v) is 19.6. The first kappa shape index (κ1) is 23.4. The third kappa shape index (κ3) is 5.50. The molecule has 0 saturated heterocycles. The molecule has 0 saturated carbocycles. The molecule has 1 aromatic heterocycles. The van der Waals surface area contributed by atoms with Crippen molar-refractivity contribution in [2.75, 3.05) is 30.9 Å². The van der Waals surface area contributed by atoms with E-state index in [0.717, 1.165) is 40.3 Å². The average Bonchev–Trinajstić information content (AvgIpc) is 2.79. The average molecular weight is 453 g/mol. The van der Waals surface area contributed by atoms with Crippen LogP contribution >= 0.6 is 11.8 Å². The number of hydrogen-bond acceptors (Lipinski definition) is 7. The predicted octanol–water partition coefficient (Wildman–Crippen LogP) is 4.35. The van der Waals surface area contributed by atoms with E-state index in [1.54, 1.807) is 19.2 Å². The highest BCUT2D eigenvalue weighted by Gasteiger charge is 2.11. The SMILES string of the molecule is CCN(CC)c1ccc(/C=N/NC(=O)CSc2cc(C)nc3c(OC)cccc23)c(O)c1. The van der Waals surface area contributed by atoms with Crippen LogP contribution in [0.3, 0.4) is 0 Å². The summed E-state index contributed by atoms with van der Waals surface area (Å²) in [5.74, 6) is 0.777. The second-order valence-corrected chi connectivity index (χ2v) is 8.13. The fourth-order valence-corrected chi connectivity index (χ4v) is 4.30. The van der Waals surface area contributed by atoms with E-state index in [9.17, 15) is 9.90 Å². The number of rotatable bonds is 9. The van der Waals surface area contributed by atoms with Crippen molar-refractivity contribution < 1.29 is 14.6 Å². The Morgan fingerprint density at radius 1 is 1.25 bits per heavy atom. The molecule has 0 fully saturated rings. The van der Waals surface area contributed by atoms with Gasteiger partial charge in [-0.2, -0.15) is 5.10 Å². The van der Waals surface area contributed by atoms with Crippen molar-refractivity contribution in [2.45, 2.75) is 25.7 Å². The van der Waals surface area contributed by atoms with Crippen LogP contribution in [0, 0.1) is 6.92 Å². The van der Waals surface area contributed by atoms with Crippen LogP contribution in [0.4, 0.5) is 5.69 Å². The van der Waals surface area contributed by atoms with Crippen LogP contribution in [0.2, 0.25) is 0 Å². The quantitative estimate of drug-likeness (QED) is 0.285. The molecule has 7 nitrogen and oxygen atoms in total. The monoisotopic (exact) mass is 452 g/mol. The Labute approximate surface area is 192 Å². The second-order valence-electron chi connectivity index (χ2n) is 7.12. The van der Waals surface area contributed by atoms with Crippen molar-refractivity contribution in [2.24, 2.45) is 5.10 Å². The van der Waals surface area contributed by atoms with E-state index >= 15 is 0 Å². The number of phenols is 1. The van der Waals surface area contributed by atoms with Crippen molar-refractivity contribution in [3.63, 3.8) is 0 Å². The van der Waals surface area contributed by atoms with Gasteiger partial charge < -0.3 is 14.7 Å². The summed E-state index contributed by atoms with van der Waals surface area (Å²) >= 11 is 1.41. The summed E-state index contributed by atoms with van der Waals surface area (Å²) in [6.45, 7) is 7.76. The van der Waals surface area contributed by atoms with Gasteiger partial charge in [0.1, 0.15) is 17.0 Å². The number of aryl methyl sites for hydroxylation is 1. The highest BCUT2D eigenvalue weighted by Crippen LogP contribution is 2.32. The highest BCUT2D eigenvalue weighted by molar-refractivity contribution is 8.00. The van der Waals surface area contributed by atoms with Crippen LogP contribution in [0.15, 0.2) is 52.5 Å². The third-order valence-electron chi connectivity index (χ3n) is 5.01. The number of aromatic hydroxyl groups is 1. The molecule has 0 aliphatic rings. The number of thioether (sulfide) groups is 1. The smallest absolute Gasteiger partial charge is 0.250 e. The number of aromatic nitrogens is 1. The van der Waals surface area contributed by atoms with E-state index in [1.807, 2.05) is 37.3 Å². The Morgan fingerprint density at radius 2 is 2.03 bits per heavy atom. The van der Waals surface area contributed by atoms with Crippen molar-refractivity contribution in [1.82, 2.24) is 10.4 Å². The van der Waals surface area contributed by atoms with Crippen molar-refractivity contribution in [1.29, 1.82) is 0 Å². The van der Waals surface area contributed by atoms with Gasteiger partial charge in [0.2, 0.25) is 5.91 Å². The molecule has 0 radical (unpaired) electrons. The summed E-state index contributed by atoms with van der Waals surface area (Å²) in [4.78, 5) is 20.0. The maximum atomic E-state index is 12.3. The molecular weight excluding hydrogens is 424 g/mol. The number of fused-ring (bicyclic) bond motifs is 1. The fraction of sp³-hybridized carbons (Fsp3) is 0.292. The van der Waals surface area contributed by atoms with Crippen LogP contribution in [-0.2, 0) is 4.79 Å². The molecule has 2 aromatic carbocycles. The Morgan fingerprint density at radius 3 is 2.72 bits per heavy atom. The Kier molecular flexibility index (Phi) is 7.94. The van der Waals surface area contributed by atoms with E-state index < -0.39 is 0 Å². The molecule has 32 heavy (non-hydrogen) atoms. The van der Waals surface area contributed by atoms with Crippen LogP contribution in [0.25, 0.3) is 10.9 Å². The minimum atomic E-state index is -0.240. The number of amides is 1. The number of ether oxygens (including phenoxy) is 1. The molecule has 3 aromatic rings. The largest absolute Gasteiger partial charge is 0.507 e. The van der Waals surface area contributed by atoms with Gasteiger partial charge in [0.05, 0.1) is 19.1 Å². The van der Waals surface area contributed by atoms with E-state index in [2.05, 4.69) is 34.3 Å². The summed E-state index contributed by atoms with van der Waals surface area (Å²) in [5.41, 5.74) is 5.64. The number of nitrogens with zero attached hydrogens (tertiary/aromatic N) is 3. The molecule has 1 heterocycles. The molecule has 1 amide bonds. The summed E-state index contributed by atoms with van der Waals surface area (Å²) in [5, 5.41) is 15.2. The maximum absolute atomic E-state index is 12.3. The van der Waals surface area contributed by atoms with Gasteiger partial charge in [-0.1, -0.05) is 12.1 Å². The van der Waals surface area contributed by atoms with Crippen LogP contribution < -0.4 is 15.1 Å². The minimum absolute atomic E-state index is 0.120. The highest BCUT2D eigenvalue weighted by atomic mass is 32.2. The Balaban J connectivity index is 1.63. The summed E-state index contributed by atoms with van der Waals surface area (Å²) in [6, 6.07) is 13.1. The van der Waals surface area contributed by atoms with Gasteiger partial charge in [0, 0.05) is 46.4 Å². The maximum Gasteiger partial charge on any atom is 0.250 e. The van der Waals surface area contributed by atoms with Crippen LogP contribution in [-0.4, -0.2) is 48.2 Å². The van der Waals surface area contributed by atoms with Gasteiger partial charge in [0.25, 0.3) is 0 Å². The van der Waals surface area contributed by atoms with Gasteiger partial charge in [0.15, 0.2) is 0 Å². The number of para-hydroxylation sites is 1. The van der Waals surface area contributed by atoms with Gasteiger partial charge in [-0.3, -0.25) is 4.79 Å². The molecule has 2 N–H and O–H groups in total. The first-order valence-corrected chi connectivity index (χ1v) is 11.4. The number of pyridine rings is 1. The normalized spacial score (nSPS) is 11.1. The van der Waals surface area contributed by atoms with E-state index in [-0.39, 0.29) is 17.4 Å². The number of hydrazone groups is 1. The topological polar surface area (TPSA) is 87.1 Å². The second kappa shape index (κ2) is 10.9. The molecule has 168 valence electrons. The molecule has 0 atom stereocenters. The number of nitrogens with one attached hydrogen (secondary N) is 1. The van der Waals surface area contributed by atoms with Crippen LogP contribution in [0.5, 0.6) is 11.5 Å². The van der Waals surface area contributed by atoms with Gasteiger partial charge >= 0.3 is 0 Å². The zero-order chi connectivity index (χ0) is 23.1. The minimum Gasteiger partial charge on any atom is -0.507 e. The molecule has 3 rings (SSSR count). The standard InChI is InChI=1S/C24H28N4O3S/c1-5-28(6-2)18-11-10-17(20(29)13-18)14-25-27-23(30)15-32-22-12-16(3)26-24-19(22)8-7-9-21(24)31-4/h7-14,29H,5-6,15H2,1-4H3,(H,27,30)/b25-14+. The van der Waals surface area contributed by atoms with Gasteiger partial charge in [-0.25, -0.2) is 10.4 Å². The molecule has 0 spiro atoms. The molecule has 8 heteroatoms. The third-order valence-corrected chi connectivity index (χ3v) is 6.06. The fourth-order valence-electron chi connectivity index (χ4n) is 3.37. The molecule has 0 unspecified atom stereocenters. The first-order valence-electron chi connectivity index (χ1n) is 10.4. The lowest BCUT2D eigenvalue weighted by molar-refractivity contribution is -0.118. The number of methoxy groups -OCH3 is 1. The molecular formula is C24H28N4O3S. The lowest BCUT2D eigenvalue weighted by Gasteiger charge is -2.21. The summed E-state index contributed by atoms with van der Waals surface area (Å²) in [6.07, 6.45) is 1.45. The van der Waals surface area contributed by atoms with Crippen molar-refractivity contribution in [3.8, 4) is 11.5 Å². The molecule has 0 aliphatic carbocycles. The van der Waals surface area contributed by atoms with Gasteiger partial charge in [-0.05, 0) is 45.0 Å². The predicted molar refractivity (Wildman–Crippen MR) is 131 cm³/mol. The number of carbonyl (C=O) groups is 1. The van der Waals surface area contributed by atoms with Crippen molar-refractivity contribution in [3.05, 3.63) is 53.7 Å². The zero-order valence-electron chi connectivity index (χ0n) is 18.8. The summed E-state index contributed by atoms with van der Waals surface area (Å²) < 4.78 is 5.41. The van der Waals surface area contributed by atoms with Crippen LogP contribution in [0.1, 0.15) is 25.1 Å². The number of anilines is 1. The lowest BCUT2D eigenvalue weighted by Crippen LogP contribution is -2.21.